The minimum atomic E-state index is -3.67. The third-order valence-electron chi connectivity index (χ3n) is 4.23. The molecule has 3 aromatic rings. The molecule has 0 fully saturated rings. The molecule has 148 valence electrons. The number of hydrogen-bond acceptors (Lipinski definition) is 3. The van der Waals surface area contributed by atoms with Crippen molar-refractivity contribution in [3.8, 4) is 0 Å². The number of nitrogens with one attached hydrogen (secondary N) is 3. The SMILES string of the molecule is Cc1[nH]c2ccccc2c1CC(=O)Nc1cccc(S(=O)(=O)NC(C)(C)C)c1. The molecule has 0 aliphatic carbocycles. The molecule has 1 heterocycles. The molecular formula is C21H25N3O3S. The fourth-order valence-corrected chi connectivity index (χ4v) is 4.60. The molecule has 3 rings (SSSR count). The maximum Gasteiger partial charge on any atom is 0.241 e. The van der Waals surface area contributed by atoms with Gasteiger partial charge in [0.1, 0.15) is 0 Å². The largest absolute Gasteiger partial charge is 0.358 e. The number of rotatable bonds is 5. The summed E-state index contributed by atoms with van der Waals surface area (Å²) in [5.41, 5.74) is 2.72. The fraction of sp³-hybridized carbons (Fsp3) is 0.286. The highest BCUT2D eigenvalue weighted by Crippen LogP contribution is 2.23. The molecule has 0 bridgehead atoms. The predicted molar refractivity (Wildman–Crippen MR) is 112 cm³/mol. The third kappa shape index (κ3) is 4.61. The van der Waals surface area contributed by atoms with Gasteiger partial charge in [0, 0.05) is 27.8 Å². The Hall–Kier alpha value is -2.64. The lowest BCUT2D eigenvalue weighted by atomic mass is 10.1. The summed E-state index contributed by atoms with van der Waals surface area (Å²) in [6, 6.07) is 14.1. The van der Waals surface area contributed by atoms with E-state index >= 15 is 0 Å². The highest BCUT2D eigenvalue weighted by Gasteiger charge is 2.22. The zero-order valence-corrected chi connectivity index (χ0v) is 17.3. The number of hydrogen-bond donors (Lipinski definition) is 3. The van der Waals surface area contributed by atoms with E-state index in [0.717, 1.165) is 22.2 Å². The van der Waals surface area contributed by atoms with Crippen LogP contribution in [-0.2, 0) is 21.2 Å². The summed E-state index contributed by atoms with van der Waals surface area (Å²) in [6.07, 6.45) is 0.201. The second-order valence-electron chi connectivity index (χ2n) is 7.88. The Bertz CT molecular complexity index is 1130. The molecule has 0 aliphatic rings. The number of carbonyl (C=O) groups is 1. The van der Waals surface area contributed by atoms with E-state index in [1.807, 2.05) is 31.2 Å². The molecule has 28 heavy (non-hydrogen) atoms. The predicted octanol–water partition coefficient (Wildman–Crippen LogP) is 3.73. The van der Waals surface area contributed by atoms with Crippen molar-refractivity contribution in [1.82, 2.24) is 9.71 Å². The Morgan fingerprint density at radius 3 is 2.50 bits per heavy atom. The molecule has 0 aliphatic heterocycles. The van der Waals surface area contributed by atoms with Gasteiger partial charge >= 0.3 is 0 Å². The first-order valence-corrected chi connectivity index (χ1v) is 10.5. The molecule has 0 saturated heterocycles. The maximum atomic E-state index is 12.6. The van der Waals surface area contributed by atoms with E-state index in [1.165, 1.54) is 12.1 Å². The van der Waals surface area contributed by atoms with Gasteiger partial charge in [-0.1, -0.05) is 24.3 Å². The average Bonchev–Trinajstić information content (AvgIpc) is 2.89. The molecular weight excluding hydrogens is 374 g/mol. The third-order valence-corrected chi connectivity index (χ3v) is 5.99. The minimum Gasteiger partial charge on any atom is -0.358 e. The smallest absolute Gasteiger partial charge is 0.241 e. The van der Waals surface area contributed by atoms with E-state index in [2.05, 4.69) is 15.0 Å². The van der Waals surface area contributed by atoms with E-state index in [-0.39, 0.29) is 17.2 Å². The van der Waals surface area contributed by atoms with Crippen LogP contribution < -0.4 is 10.0 Å². The van der Waals surface area contributed by atoms with Gasteiger partial charge in [-0.05, 0) is 57.5 Å². The normalized spacial score (nSPS) is 12.3. The number of aromatic nitrogens is 1. The lowest BCUT2D eigenvalue weighted by Crippen LogP contribution is -2.40. The van der Waals surface area contributed by atoms with Crippen molar-refractivity contribution < 1.29 is 13.2 Å². The molecule has 3 N–H and O–H groups in total. The number of aryl methyl sites for hydroxylation is 1. The van der Waals surface area contributed by atoms with Crippen molar-refractivity contribution in [2.24, 2.45) is 0 Å². The Balaban J connectivity index is 1.79. The second-order valence-corrected chi connectivity index (χ2v) is 9.56. The van der Waals surface area contributed by atoms with Gasteiger partial charge in [0.15, 0.2) is 0 Å². The lowest BCUT2D eigenvalue weighted by molar-refractivity contribution is -0.115. The number of amides is 1. The number of sulfonamides is 1. The Labute approximate surface area is 165 Å². The Morgan fingerprint density at radius 1 is 1.07 bits per heavy atom. The molecule has 2 aromatic carbocycles. The molecule has 7 heteroatoms. The zero-order chi connectivity index (χ0) is 20.5. The zero-order valence-electron chi connectivity index (χ0n) is 16.5. The van der Waals surface area contributed by atoms with Crippen LogP contribution in [0.3, 0.4) is 0 Å². The fourth-order valence-electron chi connectivity index (χ4n) is 3.13. The van der Waals surface area contributed by atoms with Crippen LogP contribution in [0.1, 0.15) is 32.0 Å². The van der Waals surface area contributed by atoms with E-state index < -0.39 is 15.6 Å². The van der Waals surface area contributed by atoms with Crippen LogP contribution in [0.15, 0.2) is 53.4 Å². The van der Waals surface area contributed by atoms with E-state index in [0.29, 0.717) is 5.69 Å². The van der Waals surface area contributed by atoms with Crippen LogP contribution in [0, 0.1) is 6.92 Å². The van der Waals surface area contributed by atoms with Crippen molar-refractivity contribution >= 4 is 32.5 Å². The van der Waals surface area contributed by atoms with Gasteiger partial charge < -0.3 is 10.3 Å². The van der Waals surface area contributed by atoms with Gasteiger partial charge in [0.05, 0.1) is 11.3 Å². The number of H-pyrrole nitrogens is 1. The van der Waals surface area contributed by atoms with Crippen molar-refractivity contribution in [1.29, 1.82) is 0 Å². The van der Waals surface area contributed by atoms with Crippen molar-refractivity contribution in [2.75, 3.05) is 5.32 Å². The topological polar surface area (TPSA) is 91.1 Å². The van der Waals surface area contributed by atoms with Gasteiger partial charge in [-0.3, -0.25) is 4.79 Å². The van der Waals surface area contributed by atoms with E-state index in [9.17, 15) is 13.2 Å². The molecule has 0 atom stereocenters. The summed E-state index contributed by atoms with van der Waals surface area (Å²) >= 11 is 0. The number of anilines is 1. The average molecular weight is 400 g/mol. The van der Waals surface area contributed by atoms with Crippen LogP contribution in [0.25, 0.3) is 10.9 Å². The lowest BCUT2D eigenvalue weighted by Gasteiger charge is -2.20. The van der Waals surface area contributed by atoms with Crippen molar-refractivity contribution in [3.63, 3.8) is 0 Å². The molecule has 1 aromatic heterocycles. The molecule has 1 amide bonds. The second kappa shape index (κ2) is 7.41. The van der Waals surface area contributed by atoms with Gasteiger partial charge in [0.25, 0.3) is 0 Å². The highest BCUT2D eigenvalue weighted by molar-refractivity contribution is 7.89. The highest BCUT2D eigenvalue weighted by atomic mass is 32.2. The Morgan fingerprint density at radius 2 is 1.79 bits per heavy atom. The molecule has 6 nitrogen and oxygen atoms in total. The van der Waals surface area contributed by atoms with E-state index in [1.54, 1.807) is 32.9 Å². The summed E-state index contributed by atoms with van der Waals surface area (Å²) in [7, 11) is -3.67. The van der Waals surface area contributed by atoms with Gasteiger partial charge in [-0.2, -0.15) is 0 Å². The number of benzene rings is 2. The number of fused-ring (bicyclic) bond motifs is 1. The van der Waals surface area contributed by atoms with Crippen LogP contribution in [-0.4, -0.2) is 24.8 Å². The number of aromatic amines is 1. The maximum absolute atomic E-state index is 12.6. The van der Waals surface area contributed by atoms with Crippen LogP contribution in [0.4, 0.5) is 5.69 Å². The summed E-state index contributed by atoms with van der Waals surface area (Å²) in [4.78, 5) is 16.0. The standard InChI is InChI=1S/C21H25N3O3S/c1-14-18(17-10-5-6-11-19(17)22-14)13-20(25)23-15-8-7-9-16(12-15)28(26,27)24-21(2,3)4/h5-12,22,24H,13H2,1-4H3,(H,23,25). The van der Waals surface area contributed by atoms with Crippen molar-refractivity contribution in [2.45, 2.75) is 44.6 Å². The van der Waals surface area contributed by atoms with Gasteiger partial charge in [-0.25, -0.2) is 13.1 Å². The first kappa shape index (κ1) is 20.1. The quantitative estimate of drug-likeness (QED) is 0.610. The Kier molecular flexibility index (Phi) is 5.32. The van der Waals surface area contributed by atoms with Crippen molar-refractivity contribution in [3.05, 3.63) is 59.8 Å². The number of para-hydroxylation sites is 1. The van der Waals surface area contributed by atoms with Crippen LogP contribution >= 0.6 is 0 Å². The molecule has 0 spiro atoms. The molecule has 0 saturated carbocycles. The molecule has 0 unspecified atom stereocenters. The van der Waals surface area contributed by atoms with E-state index in [4.69, 9.17) is 0 Å². The summed E-state index contributed by atoms with van der Waals surface area (Å²) in [5.74, 6) is -0.203. The van der Waals surface area contributed by atoms with Gasteiger partial charge in [-0.15, -0.1) is 0 Å². The summed E-state index contributed by atoms with van der Waals surface area (Å²) in [5, 5.41) is 3.82. The van der Waals surface area contributed by atoms with Gasteiger partial charge in [0.2, 0.25) is 15.9 Å². The minimum absolute atomic E-state index is 0.114. The summed E-state index contributed by atoms with van der Waals surface area (Å²) < 4.78 is 27.6. The molecule has 0 radical (unpaired) electrons. The monoisotopic (exact) mass is 399 g/mol. The summed E-state index contributed by atoms with van der Waals surface area (Å²) in [6.45, 7) is 7.27. The van der Waals surface area contributed by atoms with Crippen LogP contribution in [0.5, 0.6) is 0 Å². The number of carbonyl (C=O) groups excluding carboxylic acids is 1. The first-order valence-electron chi connectivity index (χ1n) is 9.05. The van der Waals surface area contributed by atoms with Crippen LogP contribution in [0.2, 0.25) is 0 Å². The first-order chi connectivity index (χ1) is 13.0.